The van der Waals surface area contributed by atoms with E-state index in [1.165, 1.54) is 0 Å². The van der Waals surface area contributed by atoms with Gasteiger partial charge in [-0.25, -0.2) is 0 Å². The molecule has 0 amide bonds. The van der Waals surface area contributed by atoms with Crippen molar-refractivity contribution in [1.29, 1.82) is 0 Å². The largest absolute Gasteiger partial charge is 0.508 e. The standard InChI is InChI=1S/C9H10N2O/c1-3-11-9-6-7(12)4-5-8(9)10-2/h3-6,12H,2H2,1H3/b11-3-. The molecule has 1 rings (SSSR count). The van der Waals surface area contributed by atoms with Crippen LogP contribution in [0.5, 0.6) is 5.75 Å². The number of benzene rings is 1. The Kier molecular flexibility index (Phi) is 2.58. The minimum absolute atomic E-state index is 0.183. The maximum atomic E-state index is 9.12. The third-order valence-corrected chi connectivity index (χ3v) is 1.40. The topological polar surface area (TPSA) is 45.0 Å². The summed E-state index contributed by atoms with van der Waals surface area (Å²) in [6.45, 7) is 5.20. The summed E-state index contributed by atoms with van der Waals surface area (Å²) in [7, 11) is 0. The molecule has 0 fully saturated rings. The van der Waals surface area contributed by atoms with E-state index in [1.54, 1.807) is 31.3 Å². The monoisotopic (exact) mass is 162 g/mol. The Morgan fingerprint density at radius 2 is 2.17 bits per heavy atom. The molecule has 62 valence electrons. The third-order valence-electron chi connectivity index (χ3n) is 1.40. The first-order valence-corrected chi connectivity index (χ1v) is 3.56. The van der Waals surface area contributed by atoms with E-state index in [0.717, 1.165) is 0 Å². The van der Waals surface area contributed by atoms with Gasteiger partial charge in [0.15, 0.2) is 0 Å². The molecule has 0 aromatic heterocycles. The van der Waals surface area contributed by atoms with Gasteiger partial charge in [-0.1, -0.05) is 0 Å². The second-order valence-corrected chi connectivity index (χ2v) is 2.22. The lowest BCUT2D eigenvalue weighted by molar-refractivity contribution is 0.475. The van der Waals surface area contributed by atoms with Crippen molar-refractivity contribution >= 4 is 24.3 Å². The summed E-state index contributed by atoms with van der Waals surface area (Å²) >= 11 is 0. The van der Waals surface area contributed by atoms with Crippen molar-refractivity contribution in [3.63, 3.8) is 0 Å². The predicted molar refractivity (Wildman–Crippen MR) is 51.1 cm³/mol. The smallest absolute Gasteiger partial charge is 0.117 e. The molecule has 0 aliphatic carbocycles. The zero-order valence-electron chi connectivity index (χ0n) is 6.86. The van der Waals surface area contributed by atoms with Crippen LogP contribution in [0.15, 0.2) is 28.2 Å². The summed E-state index contributed by atoms with van der Waals surface area (Å²) in [4.78, 5) is 7.77. The molecule has 12 heavy (non-hydrogen) atoms. The Balaban J connectivity index is 3.20. The van der Waals surface area contributed by atoms with E-state index in [2.05, 4.69) is 16.7 Å². The minimum Gasteiger partial charge on any atom is -0.508 e. The van der Waals surface area contributed by atoms with Crippen LogP contribution in [0.1, 0.15) is 6.92 Å². The molecule has 0 spiro atoms. The van der Waals surface area contributed by atoms with Crippen LogP contribution in [0.25, 0.3) is 0 Å². The van der Waals surface area contributed by atoms with Crippen LogP contribution in [0.4, 0.5) is 11.4 Å². The molecule has 0 saturated carbocycles. The average molecular weight is 162 g/mol. The molecule has 0 atom stereocenters. The van der Waals surface area contributed by atoms with Gasteiger partial charge < -0.3 is 5.11 Å². The fraction of sp³-hybridized carbons (Fsp3) is 0.111. The Labute approximate surface area is 71.1 Å². The summed E-state index contributed by atoms with van der Waals surface area (Å²) in [6, 6.07) is 4.77. The summed E-state index contributed by atoms with van der Waals surface area (Å²) in [6.07, 6.45) is 1.64. The van der Waals surface area contributed by atoms with Crippen LogP contribution in [0.3, 0.4) is 0 Å². The molecule has 0 unspecified atom stereocenters. The highest BCUT2D eigenvalue weighted by Gasteiger charge is 1.98. The lowest BCUT2D eigenvalue weighted by atomic mass is 10.2. The Morgan fingerprint density at radius 1 is 1.42 bits per heavy atom. The number of phenolic OH excluding ortho intramolecular Hbond substituents is 1. The first-order chi connectivity index (χ1) is 5.77. The second kappa shape index (κ2) is 3.67. The first-order valence-electron chi connectivity index (χ1n) is 3.56. The van der Waals surface area contributed by atoms with Crippen molar-refractivity contribution < 1.29 is 5.11 Å². The van der Waals surface area contributed by atoms with Crippen LogP contribution in [0, 0.1) is 0 Å². The van der Waals surface area contributed by atoms with Crippen LogP contribution in [0.2, 0.25) is 0 Å². The van der Waals surface area contributed by atoms with Crippen LogP contribution >= 0.6 is 0 Å². The number of aromatic hydroxyl groups is 1. The second-order valence-electron chi connectivity index (χ2n) is 2.22. The van der Waals surface area contributed by atoms with E-state index in [9.17, 15) is 0 Å². The molecule has 3 heteroatoms. The molecule has 1 aromatic carbocycles. The van der Waals surface area contributed by atoms with Gasteiger partial charge in [-0.2, -0.15) is 0 Å². The first kappa shape index (κ1) is 8.46. The zero-order valence-corrected chi connectivity index (χ0v) is 6.86. The highest BCUT2D eigenvalue weighted by Crippen LogP contribution is 2.30. The predicted octanol–water partition coefficient (Wildman–Crippen LogP) is 2.45. The van der Waals surface area contributed by atoms with Crippen molar-refractivity contribution in [1.82, 2.24) is 0 Å². The molecule has 1 aromatic rings. The van der Waals surface area contributed by atoms with E-state index in [-0.39, 0.29) is 5.75 Å². The molecule has 0 radical (unpaired) electrons. The fourth-order valence-corrected chi connectivity index (χ4v) is 0.888. The van der Waals surface area contributed by atoms with Gasteiger partial charge in [-0.3, -0.25) is 9.98 Å². The average Bonchev–Trinajstić information content (AvgIpc) is 2.05. The van der Waals surface area contributed by atoms with Crippen LogP contribution in [-0.4, -0.2) is 18.0 Å². The highest BCUT2D eigenvalue weighted by molar-refractivity contribution is 5.71. The van der Waals surface area contributed by atoms with E-state index < -0.39 is 0 Å². The lowest BCUT2D eigenvalue weighted by Crippen LogP contribution is -1.69. The van der Waals surface area contributed by atoms with Gasteiger partial charge in [-0.05, 0) is 25.8 Å². The Morgan fingerprint density at radius 3 is 2.75 bits per heavy atom. The van der Waals surface area contributed by atoms with Crippen LogP contribution in [-0.2, 0) is 0 Å². The van der Waals surface area contributed by atoms with Gasteiger partial charge in [0.2, 0.25) is 0 Å². The van der Waals surface area contributed by atoms with E-state index in [1.807, 2.05) is 0 Å². The maximum Gasteiger partial charge on any atom is 0.117 e. The normalized spacial score (nSPS) is 10.4. The van der Waals surface area contributed by atoms with Crippen molar-refractivity contribution in [2.24, 2.45) is 9.98 Å². The number of phenols is 1. The van der Waals surface area contributed by atoms with Crippen LogP contribution < -0.4 is 0 Å². The summed E-state index contributed by atoms with van der Waals surface area (Å²) < 4.78 is 0. The molecular weight excluding hydrogens is 152 g/mol. The molecule has 3 nitrogen and oxygen atoms in total. The van der Waals surface area contributed by atoms with E-state index >= 15 is 0 Å². The quantitative estimate of drug-likeness (QED) is 0.667. The van der Waals surface area contributed by atoms with Gasteiger partial charge in [0.05, 0.1) is 11.4 Å². The van der Waals surface area contributed by atoms with Gasteiger partial charge in [-0.15, -0.1) is 0 Å². The van der Waals surface area contributed by atoms with Crippen molar-refractivity contribution in [3.05, 3.63) is 18.2 Å². The molecule has 0 saturated heterocycles. The molecule has 0 aliphatic heterocycles. The van der Waals surface area contributed by atoms with E-state index in [4.69, 9.17) is 5.11 Å². The summed E-state index contributed by atoms with van der Waals surface area (Å²) in [5.74, 6) is 0.183. The zero-order chi connectivity index (χ0) is 8.97. The number of aliphatic imine (C=N–C) groups is 2. The minimum atomic E-state index is 0.183. The highest BCUT2D eigenvalue weighted by atomic mass is 16.3. The van der Waals surface area contributed by atoms with Gasteiger partial charge in [0.25, 0.3) is 0 Å². The number of nitrogens with zero attached hydrogens (tertiary/aromatic N) is 2. The molecule has 1 N–H and O–H groups in total. The van der Waals surface area contributed by atoms with Gasteiger partial charge in [0.1, 0.15) is 5.75 Å². The van der Waals surface area contributed by atoms with Crippen molar-refractivity contribution in [2.45, 2.75) is 6.92 Å². The summed E-state index contributed by atoms with van der Waals surface area (Å²) in [5.41, 5.74) is 1.30. The fourth-order valence-electron chi connectivity index (χ4n) is 0.888. The number of hydrogen-bond acceptors (Lipinski definition) is 3. The maximum absolute atomic E-state index is 9.12. The Bertz CT molecular complexity index is 318. The number of hydrogen-bond donors (Lipinski definition) is 1. The lowest BCUT2D eigenvalue weighted by Gasteiger charge is -1.99. The molecule has 0 aliphatic rings. The SMILES string of the molecule is C=Nc1ccc(O)cc1/N=C\C. The third kappa shape index (κ3) is 1.69. The molecule has 0 bridgehead atoms. The molecular formula is C9H10N2O. The van der Waals surface area contributed by atoms with Gasteiger partial charge in [0, 0.05) is 12.3 Å². The Hall–Kier alpha value is -1.64. The van der Waals surface area contributed by atoms with E-state index in [0.29, 0.717) is 11.4 Å². The number of rotatable bonds is 2. The van der Waals surface area contributed by atoms with Crippen molar-refractivity contribution in [3.8, 4) is 5.75 Å². The van der Waals surface area contributed by atoms with Crippen molar-refractivity contribution in [2.75, 3.05) is 0 Å². The van der Waals surface area contributed by atoms with Gasteiger partial charge >= 0.3 is 0 Å². The molecule has 0 heterocycles. The summed E-state index contributed by atoms with van der Waals surface area (Å²) in [5, 5.41) is 9.12.